The highest BCUT2D eigenvalue weighted by Crippen LogP contribution is 2.10. The third-order valence-corrected chi connectivity index (χ3v) is 1.97. The van der Waals surface area contributed by atoms with Gasteiger partial charge in [0.15, 0.2) is 5.78 Å². The minimum atomic E-state index is -1.11. The Bertz CT molecular complexity index is 395. The van der Waals surface area contributed by atoms with E-state index in [9.17, 15) is 9.59 Å². The van der Waals surface area contributed by atoms with Gasteiger partial charge in [-0.1, -0.05) is 6.08 Å². The summed E-state index contributed by atoms with van der Waals surface area (Å²) >= 11 is 0. The Morgan fingerprint density at radius 1 is 1.31 bits per heavy atom. The van der Waals surface area contributed by atoms with Crippen LogP contribution in [0.3, 0.4) is 0 Å². The summed E-state index contributed by atoms with van der Waals surface area (Å²) < 4.78 is 0. The zero-order valence-corrected chi connectivity index (χ0v) is 8.77. The maximum atomic E-state index is 11.4. The molecule has 0 radical (unpaired) electrons. The molecule has 0 saturated heterocycles. The lowest BCUT2D eigenvalue weighted by Gasteiger charge is -2.04. The van der Waals surface area contributed by atoms with Crippen molar-refractivity contribution in [3.8, 4) is 0 Å². The molecule has 1 aromatic rings. The normalized spacial score (nSPS) is 9.50. The number of hydrogen-bond acceptors (Lipinski definition) is 3. The Morgan fingerprint density at radius 2 is 1.94 bits per heavy atom. The van der Waals surface area contributed by atoms with Crippen molar-refractivity contribution in [3.05, 3.63) is 42.5 Å². The lowest BCUT2D eigenvalue weighted by molar-refractivity contribution is -0.135. The summed E-state index contributed by atoms with van der Waals surface area (Å²) in [5.74, 6) is -1.50. The summed E-state index contributed by atoms with van der Waals surface area (Å²) in [6, 6.07) is 6.69. The van der Waals surface area contributed by atoms with Crippen LogP contribution in [0.25, 0.3) is 0 Å². The largest absolute Gasteiger partial charge is 0.481 e. The van der Waals surface area contributed by atoms with Crippen LogP contribution in [0.5, 0.6) is 0 Å². The van der Waals surface area contributed by atoms with E-state index in [0.717, 1.165) is 5.69 Å². The lowest BCUT2D eigenvalue weighted by atomic mass is 10.1. The summed E-state index contributed by atoms with van der Waals surface area (Å²) in [5, 5.41) is 11.5. The summed E-state index contributed by atoms with van der Waals surface area (Å²) in [4.78, 5) is 21.7. The van der Waals surface area contributed by atoms with Gasteiger partial charge in [0.05, 0.1) is 0 Å². The second kappa shape index (κ2) is 5.70. The Labute approximate surface area is 93.6 Å². The van der Waals surface area contributed by atoms with Crippen LogP contribution in [0.1, 0.15) is 16.8 Å². The van der Waals surface area contributed by atoms with Crippen LogP contribution in [-0.2, 0) is 4.79 Å². The van der Waals surface area contributed by atoms with Crippen LogP contribution in [0.2, 0.25) is 0 Å². The van der Waals surface area contributed by atoms with E-state index in [4.69, 9.17) is 5.11 Å². The minimum absolute atomic E-state index is 0.386. The molecule has 0 spiro atoms. The molecule has 16 heavy (non-hydrogen) atoms. The smallest absolute Gasteiger partial charge is 0.311 e. The van der Waals surface area contributed by atoms with E-state index in [-0.39, 0.29) is 5.78 Å². The molecule has 0 aromatic heterocycles. The third-order valence-electron chi connectivity index (χ3n) is 1.97. The van der Waals surface area contributed by atoms with Crippen molar-refractivity contribution in [1.82, 2.24) is 0 Å². The number of benzene rings is 1. The number of nitrogens with one attached hydrogen (secondary N) is 1. The number of ketones is 1. The molecule has 0 amide bonds. The number of Topliss-reactive ketones (excluding diaryl/α,β-unsaturated/α-hetero) is 1. The van der Waals surface area contributed by atoms with Gasteiger partial charge >= 0.3 is 5.97 Å². The molecule has 1 rings (SSSR count). The topological polar surface area (TPSA) is 66.4 Å². The highest BCUT2D eigenvalue weighted by Gasteiger charge is 2.09. The van der Waals surface area contributed by atoms with Crippen LogP contribution in [0.15, 0.2) is 36.9 Å². The van der Waals surface area contributed by atoms with Gasteiger partial charge < -0.3 is 10.4 Å². The molecule has 84 valence electrons. The lowest BCUT2D eigenvalue weighted by Crippen LogP contribution is -2.07. The molecule has 1 aromatic carbocycles. The van der Waals surface area contributed by atoms with Gasteiger partial charge in [0.2, 0.25) is 0 Å². The van der Waals surface area contributed by atoms with Crippen molar-refractivity contribution < 1.29 is 14.7 Å². The molecule has 0 saturated carbocycles. The SMILES string of the molecule is C=CCNc1ccc(C(=O)CC(=O)O)cc1. The Morgan fingerprint density at radius 3 is 2.44 bits per heavy atom. The molecule has 0 bridgehead atoms. The summed E-state index contributed by atoms with van der Waals surface area (Å²) in [6.45, 7) is 4.21. The molecule has 0 fully saturated rings. The molecule has 0 unspecified atom stereocenters. The standard InChI is InChI=1S/C12H13NO3/c1-2-7-13-10-5-3-9(4-6-10)11(14)8-12(15)16/h2-6,13H,1,7-8H2,(H,15,16). The number of hydrogen-bond donors (Lipinski definition) is 2. The van der Waals surface area contributed by atoms with Crippen LogP contribution in [0, 0.1) is 0 Å². The van der Waals surface area contributed by atoms with Gasteiger partial charge in [0.25, 0.3) is 0 Å². The molecule has 4 heteroatoms. The van der Waals surface area contributed by atoms with E-state index in [1.54, 1.807) is 30.3 Å². The molecule has 2 N–H and O–H groups in total. The summed E-state index contributed by atoms with van der Waals surface area (Å²) in [6.07, 6.45) is 1.25. The quantitative estimate of drug-likeness (QED) is 0.436. The summed E-state index contributed by atoms with van der Waals surface area (Å²) in [5.41, 5.74) is 1.28. The van der Waals surface area contributed by atoms with Gasteiger partial charge in [-0.3, -0.25) is 9.59 Å². The van der Waals surface area contributed by atoms with Gasteiger partial charge in [-0.25, -0.2) is 0 Å². The van der Waals surface area contributed by atoms with Crippen molar-refractivity contribution in [2.24, 2.45) is 0 Å². The highest BCUT2D eigenvalue weighted by atomic mass is 16.4. The number of anilines is 1. The minimum Gasteiger partial charge on any atom is -0.481 e. The fraction of sp³-hybridized carbons (Fsp3) is 0.167. The highest BCUT2D eigenvalue weighted by molar-refractivity contribution is 6.05. The average molecular weight is 219 g/mol. The fourth-order valence-electron chi connectivity index (χ4n) is 1.20. The van der Waals surface area contributed by atoms with E-state index in [0.29, 0.717) is 12.1 Å². The van der Waals surface area contributed by atoms with Crippen LogP contribution in [0.4, 0.5) is 5.69 Å². The zero-order chi connectivity index (χ0) is 12.0. The Hall–Kier alpha value is -2.10. The molecule has 0 aliphatic heterocycles. The second-order valence-electron chi connectivity index (χ2n) is 3.24. The Balaban J connectivity index is 2.66. The van der Waals surface area contributed by atoms with Crippen molar-refractivity contribution >= 4 is 17.4 Å². The van der Waals surface area contributed by atoms with E-state index in [1.807, 2.05) is 0 Å². The van der Waals surface area contributed by atoms with Crippen LogP contribution in [-0.4, -0.2) is 23.4 Å². The first-order valence-electron chi connectivity index (χ1n) is 4.83. The van der Waals surface area contributed by atoms with E-state index >= 15 is 0 Å². The van der Waals surface area contributed by atoms with E-state index in [2.05, 4.69) is 11.9 Å². The van der Waals surface area contributed by atoms with Gasteiger partial charge in [-0.05, 0) is 24.3 Å². The van der Waals surface area contributed by atoms with E-state index < -0.39 is 12.4 Å². The second-order valence-corrected chi connectivity index (χ2v) is 3.24. The molecule has 0 aliphatic carbocycles. The molecular formula is C12H13NO3. The van der Waals surface area contributed by atoms with E-state index in [1.165, 1.54) is 0 Å². The van der Waals surface area contributed by atoms with Gasteiger partial charge in [0, 0.05) is 17.8 Å². The van der Waals surface area contributed by atoms with Gasteiger partial charge in [-0.2, -0.15) is 0 Å². The summed E-state index contributed by atoms with van der Waals surface area (Å²) in [7, 11) is 0. The molecular weight excluding hydrogens is 206 g/mol. The Kier molecular flexibility index (Phi) is 4.27. The first-order valence-corrected chi connectivity index (χ1v) is 4.83. The first kappa shape index (κ1) is 12.0. The molecule has 4 nitrogen and oxygen atoms in total. The average Bonchev–Trinajstić information content (AvgIpc) is 2.26. The monoisotopic (exact) mass is 219 g/mol. The number of carbonyl (C=O) groups excluding carboxylic acids is 1. The fourth-order valence-corrected chi connectivity index (χ4v) is 1.20. The van der Waals surface area contributed by atoms with Crippen molar-refractivity contribution in [2.45, 2.75) is 6.42 Å². The molecule has 0 aliphatic rings. The first-order chi connectivity index (χ1) is 7.63. The predicted molar refractivity (Wildman–Crippen MR) is 61.7 cm³/mol. The molecule has 0 atom stereocenters. The van der Waals surface area contributed by atoms with Gasteiger partial charge in [-0.15, -0.1) is 6.58 Å². The number of aliphatic carboxylic acids is 1. The van der Waals surface area contributed by atoms with Crippen molar-refractivity contribution in [2.75, 3.05) is 11.9 Å². The van der Waals surface area contributed by atoms with Gasteiger partial charge in [0.1, 0.15) is 6.42 Å². The number of rotatable bonds is 6. The van der Waals surface area contributed by atoms with Crippen molar-refractivity contribution in [3.63, 3.8) is 0 Å². The predicted octanol–water partition coefficient (Wildman–Crippen LogP) is 1.94. The maximum Gasteiger partial charge on any atom is 0.311 e. The maximum absolute atomic E-state index is 11.4. The number of carboxylic acid groups (broad SMARTS) is 1. The van der Waals surface area contributed by atoms with Crippen LogP contribution >= 0.6 is 0 Å². The van der Waals surface area contributed by atoms with Crippen molar-refractivity contribution in [1.29, 1.82) is 0 Å². The number of carbonyl (C=O) groups is 2. The third kappa shape index (κ3) is 3.57. The number of carboxylic acids is 1. The zero-order valence-electron chi connectivity index (χ0n) is 8.77. The molecule has 0 heterocycles. The van der Waals surface area contributed by atoms with Crippen LogP contribution < -0.4 is 5.32 Å².